The molecule has 0 bridgehead atoms. The van der Waals surface area contributed by atoms with Gasteiger partial charge < -0.3 is 10.4 Å². The van der Waals surface area contributed by atoms with E-state index < -0.39 is 11.7 Å². The molecular weight excluding hydrogens is 233 g/mol. The number of hydrogen-bond donors (Lipinski definition) is 2. The van der Waals surface area contributed by atoms with E-state index in [1.54, 1.807) is 18.2 Å². The molecule has 0 aliphatic rings. The Morgan fingerprint density at radius 2 is 1.83 bits per heavy atom. The Bertz CT molecular complexity index is 579. The highest BCUT2D eigenvalue weighted by Crippen LogP contribution is 2.24. The van der Waals surface area contributed by atoms with E-state index in [0.29, 0.717) is 11.3 Å². The van der Waals surface area contributed by atoms with Gasteiger partial charge in [-0.25, -0.2) is 4.39 Å². The van der Waals surface area contributed by atoms with Crippen molar-refractivity contribution in [2.24, 2.45) is 0 Å². The zero-order valence-electron chi connectivity index (χ0n) is 9.77. The third kappa shape index (κ3) is 2.66. The summed E-state index contributed by atoms with van der Waals surface area (Å²) in [6.07, 6.45) is 0. The van der Waals surface area contributed by atoms with Crippen molar-refractivity contribution >= 4 is 11.6 Å². The fourth-order valence-corrected chi connectivity index (χ4v) is 1.54. The highest BCUT2D eigenvalue weighted by Gasteiger charge is 2.08. The number of aryl methyl sites for hydroxylation is 1. The Labute approximate surface area is 104 Å². The molecule has 0 saturated carbocycles. The summed E-state index contributed by atoms with van der Waals surface area (Å²) in [5, 5.41) is 12.2. The summed E-state index contributed by atoms with van der Waals surface area (Å²) in [6.45, 7) is 1.84. The summed E-state index contributed by atoms with van der Waals surface area (Å²) in [5.41, 5.74) is 1.55. The summed E-state index contributed by atoms with van der Waals surface area (Å²) in [6, 6.07) is 10.1. The number of carbonyl (C=O) groups excluding carboxylic acids is 1. The van der Waals surface area contributed by atoms with E-state index in [1.807, 2.05) is 6.92 Å². The normalized spacial score (nSPS) is 10.1. The Morgan fingerprint density at radius 1 is 1.17 bits per heavy atom. The first-order valence-corrected chi connectivity index (χ1v) is 5.43. The van der Waals surface area contributed by atoms with Crippen LogP contribution >= 0.6 is 0 Å². The fourth-order valence-electron chi connectivity index (χ4n) is 1.54. The zero-order valence-corrected chi connectivity index (χ0v) is 9.77. The lowest BCUT2D eigenvalue weighted by Gasteiger charge is -2.07. The van der Waals surface area contributed by atoms with Gasteiger partial charge >= 0.3 is 0 Å². The van der Waals surface area contributed by atoms with Gasteiger partial charge in [-0.15, -0.1) is 0 Å². The highest BCUT2D eigenvalue weighted by atomic mass is 19.1. The molecule has 0 fully saturated rings. The van der Waals surface area contributed by atoms with Gasteiger partial charge in [-0.3, -0.25) is 4.79 Å². The lowest BCUT2D eigenvalue weighted by atomic mass is 10.2. The largest absolute Gasteiger partial charge is 0.506 e. The van der Waals surface area contributed by atoms with Crippen molar-refractivity contribution in [1.82, 2.24) is 0 Å². The van der Waals surface area contributed by atoms with Crippen LogP contribution in [0.1, 0.15) is 15.9 Å². The molecule has 4 heteroatoms. The summed E-state index contributed by atoms with van der Waals surface area (Å²) in [7, 11) is 0. The first-order valence-electron chi connectivity index (χ1n) is 5.43. The monoisotopic (exact) mass is 245 g/mol. The van der Waals surface area contributed by atoms with E-state index in [0.717, 1.165) is 5.56 Å². The predicted octanol–water partition coefficient (Wildman–Crippen LogP) is 3.09. The van der Waals surface area contributed by atoms with Gasteiger partial charge in [-0.1, -0.05) is 6.07 Å². The molecule has 2 N–H and O–H groups in total. The molecule has 2 aromatic carbocycles. The van der Waals surface area contributed by atoms with Gasteiger partial charge in [0, 0.05) is 5.56 Å². The number of anilines is 1. The molecular formula is C14H12FNO2. The number of halogens is 1. The van der Waals surface area contributed by atoms with Gasteiger partial charge in [0.1, 0.15) is 11.6 Å². The van der Waals surface area contributed by atoms with Crippen molar-refractivity contribution in [1.29, 1.82) is 0 Å². The minimum absolute atomic E-state index is 0.00506. The van der Waals surface area contributed by atoms with Crippen LogP contribution < -0.4 is 5.32 Å². The Balaban J connectivity index is 2.18. The van der Waals surface area contributed by atoms with E-state index in [4.69, 9.17) is 0 Å². The van der Waals surface area contributed by atoms with E-state index in [1.165, 1.54) is 24.3 Å². The van der Waals surface area contributed by atoms with Crippen molar-refractivity contribution in [2.45, 2.75) is 6.92 Å². The van der Waals surface area contributed by atoms with Gasteiger partial charge in [0.2, 0.25) is 0 Å². The summed E-state index contributed by atoms with van der Waals surface area (Å²) in [5.74, 6) is -0.788. The van der Waals surface area contributed by atoms with Crippen molar-refractivity contribution in [3.05, 3.63) is 59.4 Å². The smallest absolute Gasteiger partial charge is 0.255 e. The van der Waals surface area contributed by atoms with Crippen LogP contribution in [0.2, 0.25) is 0 Å². The zero-order chi connectivity index (χ0) is 13.1. The minimum atomic E-state index is -0.398. The SMILES string of the molecule is Cc1ccc(NC(=O)c2ccc(F)cc2)c(O)c1. The van der Waals surface area contributed by atoms with Crippen LogP contribution in [0, 0.1) is 12.7 Å². The van der Waals surface area contributed by atoms with Crippen LogP contribution in [0.3, 0.4) is 0 Å². The third-order valence-corrected chi connectivity index (χ3v) is 2.51. The molecule has 18 heavy (non-hydrogen) atoms. The molecule has 0 aliphatic carbocycles. The second-order valence-electron chi connectivity index (χ2n) is 3.98. The van der Waals surface area contributed by atoms with Crippen LogP contribution in [0.4, 0.5) is 10.1 Å². The summed E-state index contributed by atoms with van der Waals surface area (Å²) >= 11 is 0. The topological polar surface area (TPSA) is 49.3 Å². The number of carbonyl (C=O) groups is 1. The maximum atomic E-state index is 12.7. The average Bonchev–Trinajstić information content (AvgIpc) is 2.33. The molecule has 0 saturated heterocycles. The fraction of sp³-hybridized carbons (Fsp3) is 0.0714. The van der Waals surface area contributed by atoms with Gasteiger partial charge in [0.05, 0.1) is 5.69 Å². The lowest BCUT2D eigenvalue weighted by Crippen LogP contribution is -2.11. The van der Waals surface area contributed by atoms with E-state index in [2.05, 4.69) is 5.32 Å². The van der Waals surface area contributed by atoms with Gasteiger partial charge in [0.25, 0.3) is 5.91 Å². The van der Waals surface area contributed by atoms with Crippen molar-refractivity contribution in [3.8, 4) is 5.75 Å². The summed E-state index contributed by atoms with van der Waals surface area (Å²) in [4.78, 5) is 11.8. The van der Waals surface area contributed by atoms with Crippen LogP contribution in [-0.2, 0) is 0 Å². The minimum Gasteiger partial charge on any atom is -0.506 e. The molecule has 2 aromatic rings. The van der Waals surface area contributed by atoms with Gasteiger partial charge in [-0.05, 0) is 48.9 Å². The first-order chi connectivity index (χ1) is 8.56. The highest BCUT2D eigenvalue weighted by molar-refractivity contribution is 6.04. The van der Waals surface area contributed by atoms with Crippen molar-refractivity contribution in [3.63, 3.8) is 0 Å². The molecule has 3 nitrogen and oxygen atoms in total. The molecule has 0 radical (unpaired) electrons. The molecule has 0 atom stereocenters. The van der Waals surface area contributed by atoms with Gasteiger partial charge in [0.15, 0.2) is 0 Å². The molecule has 0 aliphatic heterocycles. The number of hydrogen-bond acceptors (Lipinski definition) is 2. The van der Waals surface area contributed by atoms with E-state index in [9.17, 15) is 14.3 Å². The summed E-state index contributed by atoms with van der Waals surface area (Å²) < 4.78 is 12.7. The predicted molar refractivity (Wildman–Crippen MR) is 67.2 cm³/mol. The number of nitrogens with one attached hydrogen (secondary N) is 1. The molecule has 0 unspecified atom stereocenters. The van der Waals surface area contributed by atoms with Crippen molar-refractivity contribution in [2.75, 3.05) is 5.32 Å². The number of phenols is 1. The van der Waals surface area contributed by atoms with Crippen LogP contribution in [-0.4, -0.2) is 11.0 Å². The van der Waals surface area contributed by atoms with E-state index >= 15 is 0 Å². The number of aromatic hydroxyl groups is 1. The van der Waals surface area contributed by atoms with Crippen LogP contribution in [0.25, 0.3) is 0 Å². The second kappa shape index (κ2) is 4.87. The second-order valence-corrected chi connectivity index (χ2v) is 3.98. The number of rotatable bonds is 2. The third-order valence-electron chi connectivity index (χ3n) is 2.51. The van der Waals surface area contributed by atoms with Gasteiger partial charge in [-0.2, -0.15) is 0 Å². The molecule has 0 heterocycles. The Kier molecular flexibility index (Phi) is 3.28. The Morgan fingerprint density at radius 3 is 2.44 bits per heavy atom. The first kappa shape index (κ1) is 12.1. The number of phenolic OH excluding ortho intramolecular Hbond substituents is 1. The molecule has 1 amide bonds. The quantitative estimate of drug-likeness (QED) is 0.799. The average molecular weight is 245 g/mol. The van der Waals surface area contributed by atoms with Crippen LogP contribution in [0.5, 0.6) is 5.75 Å². The number of amides is 1. The van der Waals surface area contributed by atoms with Crippen LogP contribution in [0.15, 0.2) is 42.5 Å². The molecule has 0 aromatic heterocycles. The molecule has 2 rings (SSSR count). The lowest BCUT2D eigenvalue weighted by molar-refractivity contribution is 0.102. The maximum absolute atomic E-state index is 12.7. The molecule has 0 spiro atoms. The standard InChI is InChI=1S/C14H12FNO2/c1-9-2-7-12(13(17)8-9)16-14(18)10-3-5-11(15)6-4-10/h2-8,17H,1H3,(H,16,18). The maximum Gasteiger partial charge on any atom is 0.255 e. The van der Waals surface area contributed by atoms with Crippen molar-refractivity contribution < 1.29 is 14.3 Å². The van der Waals surface area contributed by atoms with E-state index in [-0.39, 0.29) is 5.75 Å². The Hall–Kier alpha value is -2.36. The number of benzene rings is 2. The molecule has 92 valence electrons.